The molecule has 0 bridgehead atoms. The highest BCUT2D eigenvalue weighted by Gasteiger charge is 2.03. The predicted molar refractivity (Wildman–Crippen MR) is 93.1 cm³/mol. The second-order valence-electron chi connectivity index (χ2n) is 5.00. The van der Waals surface area contributed by atoms with Gasteiger partial charge in [-0.15, -0.1) is 11.8 Å². The van der Waals surface area contributed by atoms with Gasteiger partial charge in [0.25, 0.3) is 0 Å². The second kappa shape index (κ2) is 8.64. The summed E-state index contributed by atoms with van der Waals surface area (Å²) in [6.07, 6.45) is 1.58. The highest BCUT2D eigenvalue weighted by Crippen LogP contribution is 2.20. The zero-order valence-electron chi connectivity index (χ0n) is 13.2. The molecule has 0 N–H and O–H groups in total. The second-order valence-corrected chi connectivity index (χ2v) is 6.17. The zero-order chi connectivity index (χ0) is 15.8. The Kier molecular flexibility index (Phi) is 6.53. The minimum absolute atomic E-state index is 0.190. The SMILES string of the molecule is CCC(=O)c1ccc(SCCOc2cccc(CC)c2)cc1. The molecule has 2 aromatic carbocycles. The summed E-state index contributed by atoms with van der Waals surface area (Å²) in [5.41, 5.74) is 2.08. The van der Waals surface area contributed by atoms with Gasteiger partial charge in [0.05, 0.1) is 6.61 Å². The van der Waals surface area contributed by atoms with Gasteiger partial charge in [0.15, 0.2) is 5.78 Å². The van der Waals surface area contributed by atoms with Crippen LogP contribution < -0.4 is 4.74 Å². The van der Waals surface area contributed by atoms with E-state index in [1.54, 1.807) is 11.8 Å². The molecule has 0 aromatic heterocycles. The topological polar surface area (TPSA) is 26.3 Å². The molecule has 0 spiro atoms. The van der Waals surface area contributed by atoms with Crippen LogP contribution in [0, 0.1) is 0 Å². The van der Waals surface area contributed by atoms with E-state index in [4.69, 9.17) is 4.74 Å². The van der Waals surface area contributed by atoms with Crippen molar-refractivity contribution in [2.24, 2.45) is 0 Å². The van der Waals surface area contributed by atoms with Crippen LogP contribution in [0.25, 0.3) is 0 Å². The molecular formula is C19H22O2S. The molecule has 22 heavy (non-hydrogen) atoms. The van der Waals surface area contributed by atoms with Crippen LogP contribution in [0.5, 0.6) is 5.75 Å². The maximum atomic E-state index is 11.6. The van der Waals surface area contributed by atoms with Gasteiger partial charge in [0.1, 0.15) is 5.75 Å². The highest BCUT2D eigenvalue weighted by molar-refractivity contribution is 7.99. The minimum atomic E-state index is 0.190. The van der Waals surface area contributed by atoms with Crippen LogP contribution >= 0.6 is 11.8 Å². The van der Waals surface area contributed by atoms with Crippen LogP contribution in [-0.4, -0.2) is 18.1 Å². The van der Waals surface area contributed by atoms with Crippen molar-refractivity contribution in [1.82, 2.24) is 0 Å². The molecule has 0 amide bonds. The van der Waals surface area contributed by atoms with E-state index in [2.05, 4.69) is 19.1 Å². The lowest BCUT2D eigenvalue weighted by atomic mass is 10.1. The van der Waals surface area contributed by atoms with E-state index in [1.807, 2.05) is 43.3 Å². The fourth-order valence-corrected chi connectivity index (χ4v) is 2.85. The summed E-state index contributed by atoms with van der Waals surface area (Å²) in [5.74, 6) is 2.01. The molecule has 0 saturated carbocycles. The van der Waals surface area contributed by atoms with E-state index in [9.17, 15) is 4.79 Å². The van der Waals surface area contributed by atoms with Crippen molar-refractivity contribution in [1.29, 1.82) is 0 Å². The molecule has 0 fully saturated rings. The molecular weight excluding hydrogens is 292 g/mol. The molecule has 0 heterocycles. The number of benzene rings is 2. The third kappa shape index (κ3) is 4.92. The zero-order valence-corrected chi connectivity index (χ0v) is 14.0. The van der Waals surface area contributed by atoms with E-state index in [1.165, 1.54) is 10.5 Å². The van der Waals surface area contributed by atoms with E-state index in [-0.39, 0.29) is 5.78 Å². The van der Waals surface area contributed by atoms with E-state index in [0.29, 0.717) is 13.0 Å². The number of ether oxygens (including phenoxy) is 1. The van der Waals surface area contributed by atoms with Crippen LogP contribution in [0.2, 0.25) is 0 Å². The number of thioether (sulfide) groups is 1. The Balaban J connectivity index is 1.77. The third-order valence-electron chi connectivity index (χ3n) is 3.42. The number of hydrogen-bond donors (Lipinski definition) is 0. The predicted octanol–water partition coefficient (Wildman–Crippen LogP) is 5.01. The quantitative estimate of drug-likeness (QED) is 0.389. The summed E-state index contributed by atoms with van der Waals surface area (Å²) in [6.45, 7) is 4.70. The summed E-state index contributed by atoms with van der Waals surface area (Å²) >= 11 is 1.74. The molecule has 0 aliphatic rings. The average Bonchev–Trinajstić information content (AvgIpc) is 2.58. The number of aryl methyl sites for hydroxylation is 1. The normalized spacial score (nSPS) is 10.5. The summed E-state index contributed by atoms with van der Waals surface area (Å²) in [7, 11) is 0. The van der Waals surface area contributed by atoms with Crippen molar-refractivity contribution < 1.29 is 9.53 Å². The first-order valence-electron chi connectivity index (χ1n) is 7.70. The van der Waals surface area contributed by atoms with Gasteiger partial charge in [-0.3, -0.25) is 4.79 Å². The molecule has 2 rings (SSSR count). The van der Waals surface area contributed by atoms with Crippen molar-refractivity contribution in [2.75, 3.05) is 12.4 Å². The molecule has 0 saturated heterocycles. The Labute approximate surface area is 136 Å². The van der Waals surface area contributed by atoms with Crippen LogP contribution in [-0.2, 0) is 6.42 Å². The van der Waals surface area contributed by atoms with Gasteiger partial charge in [-0.2, -0.15) is 0 Å². The van der Waals surface area contributed by atoms with Gasteiger partial charge < -0.3 is 4.74 Å². The number of ketones is 1. The Morgan fingerprint density at radius 1 is 1.09 bits per heavy atom. The van der Waals surface area contributed by atoms with E-state index in [0.717, 1.165) is 23.5 Å². The standard InChI is InChI=1S/C19H22O2S/c1-3-15-6-5-7-17(14-15)21-12-13-22-18-10-8-16(9-11-18)19(20)4-2/h5-11,14H,3-4,12-13H2,1-2H3. The summed E-state index contributed by atoms with van der Waals surface area (Å²) < 4.78 is 5.77. The maximum absolute atomic E-state index is 11.6. The molecule has 3 heteroatoms. The number of carbonyl (C=O) groups excluding carboxylic acids is 1. The van der Waals surface area contributed by atoms with Gasteiger partial charge in [-0.25, -0.2) is 0 Å². The van der Waals surface area contributed by atoms with Gasteiger partial charge in [-0.05, 0) is 36.2 Å². The fraction of sp³-hybridized carbons (Fsp3) is 0.316. The first-order valence-corrected chi connectivity index (χ1v) is 8.69. The molecule has 2 aromatic rings. The number of Topliss-reactive ketones (excluding diaryl/α,β-unsaturated/α-hetero) is 1. The highest BCUT2D eigenvalue weighted by atomic mass is 32.2. The summed E-state index contributed by atoms with van der Waals surface area (Å²) in [5, 5.41) is 0. The first kappa shape index (κ1) is 16.6. The van der Waals surface area contributed by atoms with Gasteiger partial charge in [0.2, 0.25) is 0 Å². The fourth-order valence-electron chi connectivity index (χ4n) is 2.12. The molecule has 0 unspecified atom stereocenters. The van der Waals surface area contributed by atoms with Crippen molar-refractivity contribution in [3.63, 3.8) is 0 Å². The lowest BCUT2D eigenvalue weighted by Crippen LogP contribution is -2.00. The lowest BCUT2D eigenvalue weighted by molar-refractivity contribution is 0.0988. The van der Waals surface area contributed by atoms with Crippen LogP contribution in [0.15, 0.2) is 53.4 Å². The van der Waals surface area contributed by atoms with Crippen molar-refractivity contribution in [3.8, 4) is 5.75 Å². The molecule has 0 aliphatic carbocycles. The molecule has 0 atom stereocenters. The molecule has 116 valence electrons. The Morgan fingerprint density at radius 2 is 1.86 bits per heavy atom. The summed E-state index contributed by atoms with van der Waals surface area (Å²) in [4.78, 5) is 12.7. The third-order valence-corrected chi connectivity index (χ3v) is 4.40. The van der Waals surface area contributed by atoms with E-state index >= 15 is 0 Å². The number of rotatable bonds is 8. The number of hydrogen-bond acceptors (Lipinski definition) is 3. The summed E-state index contributed by atoms with van der Waals surface area (Å²) in [6, 6.07) is 16.0. The van der Waals surface area contributed by atoms with Crippen molar-refractivity contribution in [2.45, 2.75) is 31.6 Å². The van der Waals surface area contributed by atoms with Crippen LogP contribution in [0.3, 0.4) is 0 Å². The minimum Gasteiger partial charge on any atom is -0.493 e. The van der Waals surface area contributed by atoms with Crippen molar-refractivity contribution >= 4 is 17.5 Å². The maximum Gasteiger partial charge on any atom is 0.162 e. The van der Waals surface area contributed by atoms with Gasteiger partial charge in [-0.1, -0.05) is 38.1 Å². The van der Waals surface area contributed by atoms with E-state index < -0.39 is 0 Å². The van der Waals surface area contributed by atoms with Crippen LogP contribution in [0.1, 0.15) is 36.2 Å². The molecule has 0 radical (unpaired) electrons. The Hall–Kier alpha value is -1.74. The molecule has 2 nitrogen and oxygen atoms in total. The average molecular weight is 314 g/mol. The first-order chi connectivity index (χ1) is 10.7. The number of carbonyl (C=O) groups is 1. The van der Waals surface area contributed by atoms with Crippen molar-refractivity contribution in [3.05, 3.63) is 59.7 Å². The monoisotopic (exact) mass is 314 g/mol. The van der Waals surface area contributed by atoms with Gasteiger partial charge >= 0.3 is 0 Å². The van der Waals surface area contributed by atoms with Crippen LogP contribution in [0.4, 0.5) is 0 Å². The Morgan fingerprint density at radius 3 is 2.55 bits per heavy atom. The molecule has 0 aliphatic heterocycles. The Bertz CT molecular complexity index is 605. The largest absolute Gasteiger partial charge is 0.493 e. The smallest absolute Gasteiger partial charge is 0.162 e. The van der Waals surface area contributed by atoms with Gasteiger partial charge in [0, 0.05) is 22.6 Å². The lowest BCUT2D eigenvalue weighted by Gasteiger charge is -2.07.